The molecule has 0 radical (unpaired) electrons. The van der Waals surface area contributed by atoms with Crippen molar-refractivity contribution in [3.63, 3.8) is 0 Å². The minimum atomic E-state index is 0. The lowest BCUT2D eigenvalue weighted by Crippen LogP contribution is -2.29. The third-order valence-corrected chi connectivity index (χ3v) is 5.36. The zero-order chi connectivity index (χ0) is 16.1. The molecule has 2 aromatic heterocycles. The number of thiazole rings is 1. The molecule has 1 unspecified atom stereocenters. The van der Waals surface area contributed by atoms with Crippen LogP contribution in [0.1, 0.15) is 35.9 Å². The fraction of sp³-hybridized carbons (Fsp3) is 0.647. The summed E-state index contributed by atoms with van der Waals surface area (Å²) in [5.74, 6) is 0.758. The highest BCUT2D eigenvalue weighted by Gasteiger charge is 2.20. The van der Waals surface area contributed by atoms with E-state index in [1.807, 2.05) is 11.7 Å². The van der Waals surface area contributed by atoms with Crippen molar-refractivity contribution in [2.24, 2.45) is 5.92 Å². The molecule has 134 valence electrons. The van der Waals surface area contributed by atoms with Crippen molar-refractivity contribution >= 4 is 23.7 Å². The predicted molar refractivity (Wildman–Crippen MR) is 102 cm³/mol. The van der Waals surface area contributed by atoms with E-state index in [2.05, 4.69) is 45.0 Å². The molecule has 0 aliphatic carbocycles. The minimum Gasteiger partial charge on any atom is -0.316 e. The number of halogens is 1. The molecule has 0 bridgehead atoms. The van der Waals surface area contributed by atoms with Gasteiger partial charge in [0.1, 0.15) is 0 Å². The van der Waals surface area contributed by atoms with Crippen molar-refractivity contribution in [1.29, 1.82) is 0 Å². The molecule has 0 saturated carbocycles. The maximum Gasteiger partial charge on any atom is 0.0798 e. The molecule has 0 spiro atoms. The highest BCUT2D eigenvalue weighted by molar-refractivity contribution is 7.09. The first-order valence-corrected chi connectivity index (χ1v) is 9.46. The predicted octanol–water partition coefficient (Wildman–Crippen LogP) is 3.09. The van der Waals surface area contributed by atoms with E-state index in [0.717, 1.165) is 51.6 Å². The average molecular weight is 370 g/mol. The Morgan fingerprint density at radius 2 is 2.29 bits per heavy atom. The zero-order valence-electron chi connectivity index (χ0n) is 14.6. The van der Waals surface area contributed by atoms with Gasteiger partial charge in [-0.3, -0.25) is 9.58 Å². The van der Waals surface area contributed by atoms with E-state index >= 15 is 0 Å². The fourth-order valence-electron chi connectivity index (χ4n) is 3.20. The van der Waals surface area contributed by atoms with Gasteiger partial charge in [-0.05, 0) is 38.8 Å². The van der Waals surface area contributed by atoms with Gasteiger partial charge in [0.15, 0.2) is 0 Å². The number of hydrogen-bond donors (Lipinski definition) is 1. The molecule has 7 heteroatoms. The summed E-state index contributed by atoms with van der Waals surface area (Å²) in [6.07, 6.45) is 6.63. The van der Waals surface area contributed by atoms with Crippen LogP contribution in [0, 0.1) is 12.8 Å². The van der Waals surface area contributed by atoms with E-state index < -0.39 is 0 Å². The molecule has 0 amide bonds. The first kappa shape index (κ1) is 19.4. The van der Waals surface area contributed by atoms with Gasteiger partial charge in [0.05, 0.1) is 17.4 Å². The monoisotopic (exact) mass is 369 g/mol. The maximum atomic E-state index is 4.47. The summed E-state index contributed by atoms with van der Waals surface area (Å²) in [5.41, 5.74) is 4.44. The van der Waals surface area contributed by atoms with Gasteiger partial charge in [-0.1, -0.05) is 6.92 Å². The first-order chi connectivity index (χ1) is 11.2. The molecule has 5 nitrogen and oxygen atoms in total. The summed E-state index contributed by atoms with van der Waals surface area (Å²) in [6.45, 7) is 10.7. The molecular weight excluding hydrogens is 342 g/mol. The summed E-state index contributed by atoms with van der Waals surface area (Å²) in [6, 6.07) is 0. The third-order valence-electron chi connectivity index (χ3n) is 4.44. The van der Waals surface area contributed by atoms with Gasteiger partial charge < -0.3 is 5.32 Å². The molecule has 1 atom stereocenters. The van der Waals surface area contributed by atoms with Crippen LogP contribution in [0.15, 0.2) is 17.9 Å². The summed E-state index contributed by atoms with van der Waals surface area (Å²) in [5, 5.41) is 7.95. The Balaban J connectivity index is 0.00000208. The molecule has 2 aromatic rings. The number of nitrogens with zero attached hydrogens (tertiary/aromatic N) is 4. The topological polar surface area (TPSA) is 46.0 Å². The third kappa shape index (κ3) is 5.28. The van der Waals surface area contributed by atoms with Gasteiger partial charge in [-0.2, -0.15) is 5.10 Å². The Morgan fingerprint density at radius 1 is 1.42 bits per heavy atom. The highest BCUT2D eigenvalue weighted by Crippen LogP contribution is 2.19. The summed E-state index contributed by atoms with van der Waals surface area (Å²) >= 11 is 1.77. The molecule has 1 N–H and O–H groups in total. The van der Waals surface area contributed by atoms with Gasteiger partial charge in [-0.25, -0.2) is 4.98 Å². The number of aryl methyl sites for hydroxylation is 2. The molecule has 1 saturated heterocycles. The van der Waals surface area contributed by atoms with Crippen LogP contribution < -0.4 is 5.32 Å². The largest absolute Gasteiger partial charge is 0.316 e. The van der Waals surface area contributed by atoms with Gasteiger partial charge in [0.2, 0.25) is 0 Å². The second-order valence-electron chi connectivity index (χ2n) is 6.50. The van der Waals surface area contributed by atoms with E-state index in [1.165, 1.54) is 22.6 Å². The van der Waals surface area contributed by atoms with Crippen LogP contribution in [0.5, 0.6) is 0 Å². The Bertz CT molecular complexity index is 606. The molecule has 1 aliphatic heterocycles. The molecule has 3 heterocycles. The van der Waals surface area contributed by atoms with E-state index in [1.54, 1.807) is 11.3 Å². The molecule has 1 aliphatic rings. The Labute approximate surface area is 154 Å². The maximum absolute atomic E-state index is 4.47. The molecule has 1 fully saturated rings. The van der Waals surface area contributed by atoms with Crippen molar-refractivity contribution < 1.29 is 0 Å². The minimum absolute atomic E-state index is 0. The van der Waals surface area contributed by atoms with Crippen molar-refractivity contribution in [3.05, 3.63) is 34.0 Å². The van der Waals surface area contributed by atoms with Crippen molar-refractivity contribution in [1.82, 2.24) is 25.0 Å². The second kappa shape index (κ2) is 9.51. The van der Waals surface area contributed by atoms with Crippen LogP contribution in [0.3, 0.4) is 0 Å². The van der Waals surface area contributed by atoms with Gasteiger partial charge in [-0.15, -0.1) is 23.7 Å². The lowest BCUT2D eigenvalue weighted by Gasteiger charge is -2.24. The summed E-state index contributed by atoms with van der Waals surface area (Å²) < 4.78 is 2.06. The van der Waals surface area contributed by atoms with Crippen LogP contribution in [0.4, 0.5) is 0 Å². The van der Waals surface area contributed by atoms with Gasteiger partial charge >= 0.3 is 0 Å². The Hall–Kier alpha value is -0.950. The zero-order valence-corrected chi connectivity index (χ0v) is 16.2. The number of hydrogen-bond acceptors (Lipinski definition) is 5. The molecule has 24 heavy (non-hydrogen) atoms. The first-order valence-electron chi connectivity index (χ1n) is 8.58. The lowest BCUT2D eigenvalue weighted by atomic mass is 10.1. The molecule has 0 aromatic carbocycles. The van der Waals surface area contributed by atoms with Crippen molar-refractivity contribution in [2.45, 2.75) is 46.3 Å². The van der Waals surface area contributed by atoms with Gasteiger partial charge in [0.25, 0.3) is 0 Å². The SMILES string of the molecule is CCCn1cc(CN(Cc2scnc2C)CC2CCNC2)cn1.Cl. The average Bonchev–Trinajstić information content (AvgIpc) is 3.25. The van der Waals surface area contributed by atoms with Crippen LogP contribution >= 0.6 is 23.7 Å². The van der Waals surface area contributed by atoms with Crippen LogP contribution in [-0.4, -0.2) is 39.3 Å². The number of aromatic nitrogens is 3. The molecular formula is C17H28ClN5S. The highest BCUT2D eigenvalue weighted by atomic mass is 35.5. The second-order valence-corrected chi connectivity index (χ2v) is 7.44. The Morgan fingerprint density at radius 3 is 2.96 bits per heavy atom. The van der Waals surface area contributed by atoms with Crippen LogP contribution in [0.2, 0.25) is 0 Å². The summed E-state index contributed by atoms with van der Waals surface area (Å²) in [4.78, 5) is 8.35. The number of rotatable bonds is 8. The van der Waals surface area contributed by atoms with Crippen LogP contribution in [-0.2, 0) is 19.6 Å². The number of nitrogens with one attached hydrogen (secondary N) is 1. The van der Waals surface area contributed by atoms with E-state index in [0.29, 0.717) is 0 Å². The van der Waals surface area contributed by atoms with Crippen LogP contribution in [0.25, 0.3) is 0 Å². The molecule has 3 rings (SSSR count). The van der Waals surface area contributed by atoms with E-state index in [4.69, 9.17) is 0 Å². The fourth-order valence-corrected chi connectivity index (χ4v) is 4.02. The standard InChI is InChI=1S/C17H27N5S.ClH/c1-3-6-22-11-16(8-20-22)10-21(9-15-4-5-18-7-15)12-17-14(2)19-13-23-17;/h8,11,13,15,18H,3-7,9-10,12H2,1-2H3;1H. The smallest absolute Gasteiger partial charge is 0.0798 e. The summed E-state index contributed by atoms with van der Waals surface area (Å²) in [7, 11) is 0. The lowest BCUT2D eigenvalue weighted by molar-refractivity contribution is 0.222. The van der Waals surface area contributed by atoms with E-state index in [-0.39, 0.29) is 12.4 Å². The van der Waals surface area contributed by atoms with Crippen molar-refractivity contribution in [3.8, 4) is 0 Å². The quantitative estimate of drug-likeness (QED) is 0.776. The normalized spacial score (nSPS) is 17.4. The van der Waals surface area contributed by atoms with E-state index in [9.17, 15) is 0 Å². The van der Waals surface area contributed by atoms with Gasteiger partial charge in [0, 0.05) is 42.8 Å². The Kier molecular flexibility index (Phi) is 7.68. The van der Waals surface area contributed by atoms with Crippen molar-refractivity contribution in [2.75, 3.05) is 19.6 Å².